The molecule has 2 heterocycles. The summed E-state index contributed by atoms with van der Waals surface area (Å²) in [6.45, 7) is 11.8. The predicted molar refractivity (Wildman–Crippen MR) is 71.6 cm³/mol. The van der Waals surface area contributed by atoms with Gasteiger partial charge in [-0.1, -0.05) is 0 Å². The molecule has 0 N–H and O–H groups in total. The second-order valence-corrected chi connectivity index (χ2v) is 5.72. The normalized spacial score (nSPS) is 20.1. The molecular weight excluding hydrogens is 226 g/mol. The van der Waals surface area contributed by atoms with Gasteiger partial charge in [0.05, 0.1) is 13.2 Å². The van der Waals surface area contributed by atoms with Crippen LogP contribution in [0, 0.1) is 26.7 Å². The average molecular weight is 249 g/mol. The van der Waals surface area contributed by atoms with E-state index >= 15 is 0 Å². The minimum absolute atomic E-state index is 0.422. The first-order chi connectivity index (χ1) is 8.39. The Kier molecular flexibility index (Phi) is 3.74. The second kappa shape index (κ2) is 4.98. The third kappa shape index (κ3) is 2.90. The molecule has 1 fully saturated rings. The van der Waals surface area contributed by atoms with Gasteiger partial charge in [-0.15, -0.1) is 0 Å². The maximum atomic E-state index is 5.72. The molecule has 18 heavy (non-hydrogen) atoms. The van der Waals surface area contributed by atoms with E-state index in [9.17, 15) is 0 Å². The Morgan fingerprint density at radius 1 is 1.22 bits per heavy atom. The van der Waals surface area contributed by atoms with E-state index in [0.29, 0.717) is 5.92 Å². The van der Waals surface area contributed by atoms with E-state index in [4.69, 9.17) is 9.47 Å². The molecule has 0 spiro atoms. The van der Waals surface area contributed by atoms with Gasteiger partial charge in [0.25, 0.3) is 0 Å². The van der Waals surface area contributed by atoms with E-state index in [2.05, 4.69) is 25.8 Å². The van der Waals surface area contributed by atoms with Gasteiger partial charge in [0, 0.05) is 17.8 Å². The van der Waals surface area contributed by atoms with Gasteiger partial charge in [0.2, 0.25) is 0 Å². The fourth-order valence-electron chi connectivity index (χ4n) is 2.33. The summed E-state index contributed by atoms with van der Waals surface area (Å²) in [6.07, 6.45) is 2.98. The minimum atomic E-state index is -0.422. The van der Waals surface area contributed by atoms with Crippen molar-refractivity contribution in [1.29, 1.82) is 0 Å². The maximum absolute atomic E-state index is 5.72. The van der Waals surface area contributed by atoms with Crippen molar-refractivity contribution in [3.63, 3.8) is 0 Å². The Bertz CT molecular complexity index is 430. The number of nitrogens with zero attached hydrogens (tertiary/aromatic N) is 1. The zero-order valence-corrected chi connectivity index (χ0v) is 12.0. The molecule has 0 atom stereocenters. The average Bonchev–Trinajstić information content (AvgIpc) is 2.32. The molecule has 100 valence electrons. The van der Waals surface area contributed by atoms with E-state index in [1.165, 1.54) is 16.7 Å². The Labute approximate surface area is 110 Å². The molecule has 0 amide bonds. The zero-order chi connectivity index (χ0) is 13.3. The molecule has 1 aliphatic heterocycles. The third-order valence-corrected chi connectivity index (χ3v) is 3.75. The van der Waals surface area contributed by atoms with Gasteiger partial charge in [-0.2, -0.15) is 0 Å². The molecule has 0 saturated carbocycles. The molecule has 1 saturated heterocycles. The molecule has 0 radical (unpaired) electrons. The van der Waals surface area contributed by atoms with E-state index in [0.717, 1.165) is 25.3 Å². The monoisotopic (exact) mass is 249 g/mol. The van der Waals surface area contributed by atoms with Gasteiger partial charge < -0.3 is 9.47 Å². The van der Waals surface area contributed by atoms with Crippen molar-refractivity contribution in [3.05, 3.63) is 28.6 Å². The summed E-state index contributed by atoms with van der Waals surface area (Å²) in [7, 11) is 0. The SMILES string of the molecule is Cc1cnc(C)c(C)c1CC1COC(C)(C)OC1. The quantitative estimate of drug-likeness (QED) is 0.807. The van der Waals surface area contributed by atoms with Crippen LogP contribution in [0.5, 0.6) is 0 Å². The molecule has 3 heteroatoms. The molecule has 3 nitrogen and oxygen atoms in total. The summed E-state index contributed by atoms with van der Waals surface area (Å²) in [4.78, 5) is 4.39. The lowest BCUT2D eigenvalue weighted by atomic mass is 9.93. The molecule has 1 aromatic rings. The molecule has 1 aromatic heterocycles. The first kappa shape index (κ1) is 13.5. The van der Waals surface area contributed by atoms with Crippen LogP contribution in [-0.4, -0.2) is 24.0 Å². The highest BCUT2D eigenvalue weighted by Gasteiger charge is 2.28. The number of rotatable bonds is 2. The fourth-order valence-corrected chi connectivity index (χ4v) is 2.33. The van der Waals surface area contributed by atoms with E-state index < -0.39 is 5.79 Å². The lowest BCUT2D eigenvalue weighted by molar-refractivity contribution is -0.261. The van der Waals surface area contributed by atoms with Crippen LogP contribution >= 0.6 is 0 Å². The number of pyridine rings is 1. The second-order valence-electron chi connectivity index (χ2n) is 5.72. The number of hydrogen-bond acceptors (Lipinski definition) is 3. The summed E-state index contributed by atoms with van der Waals surface area (Å²) >= 11 is 0. The van der Waals surface area contributed by atoms with Crippen molar-refractivity contribution in [3.8, 4) is 0 Å². The summed E-state index contributed by atoms with van der Waals surface area (Å²) < 4.78 is 11.4. The van der Waals surface area contributed by atoms with Crippen LogP contribution in [-0.2, 0) is 15.9 Å². The number of ether oxygens (including phenoxy) is 2. The predicted octanol–water partition coefficient (Wildman–Crippen LogP) is 2.95. The summed E-state index contributed by atoms with van der Waals surface area (Å²) in [5.74, 6) is 0.0200. The number of aryl methyl sites for hydroxylation is 2. The van der Waals surface area contributed by atoms with Crippen LogP contribution in [0.4, 0.5) is 0 Å². The van der Waals surface area contributed by atoms with Crippen molar-refractivity contribution in [2.75, 3.05) is 13.2 Å². The van der Waals surface area contributed by atoms with Gasteiger partial charge >= 0.3 is 0 Å². The van der Waals surface area contributed by atoms with Gasteiger partial charge in [-0.25, -0.2) is 0 Å². The maximum Gasteiger partial charge on any atom is 0.162 e. The highest BCUT2D eigenvalue weighted by molar-refractivity contribution is 5.34. The van der Waals surface area contributed by atoms with Gasteiger partial charge in [-0.05, 0) is 57.7 Å². The molecule has 0 aliphatic carbocycles. The van der Waals surface area contributed by atoms with Crippen molar-refractivity contribution in [1.82, 2.24) is 4.98 Å². The van der Waals surface area contributed by atoms with Crippen molar-refractivity contribution < 1.29 is 9.47 Å². The Morgan fingerprint density at radius 2 is 1.83 bits per heavy atom. The van der Waals surface area contributed by atoms with Gasteiger partial charge in [0.15, 0.2) is 5.79 Å². The van der Waals surface area contributed by atoms with E-state index in [1.807, 2.05) is 20.0 Å². The molecule has 0 unspecified atom stereocenters. The lowest BCUT2D eigenvalue weighted by Crippen LogP contribution is -2.40. The van der Waals surface area contributed by atoms with Crippen molar-refractivity contribution in [2.24, 2.45) is 5.92 Å². The fraction of sp³-hybridized carbons (Fsp3) is 0.667. The lowest BCUT2D eigenvalue weighted by Gasteiger charge is -2.35. The molecule has 1 aliphatic rings. The van der Waals surface area contributed by atoms with E-state index in [-0.39, 0.29) is 0 Å². The molecule has 2 rings (SSSR count). The van der Waals surface area contributed by atoms with Crippen molar-refractivity contribution >= 4 is 0 Å². The Hall–Kier alpha value is -0.930. The highest BCUT2D eigenvalue weighted by Crippen LogP contribution is 2.25. The smallest absolute Gasteiger partial charge is 0.162 e. The zero-order valence-electron chi connectivity index (χ0n) is 12.0. The third-order valence-electron chi connectivity index (χ3n) is 3.75. The van der Waals surface area contributed by atoms with Crippen LogP contribution in [0.15, 0.2) is 6.20 Å². The number of aromatic nitrogens is 1. The molecular formula is C15H23NO2. The topological polar surface area (TPSA) is 31.4 Å². The van der Waals surface area contributed by atoms with E-state index in [1.54, 1.807) is 0 Å². The van der Waals surface area contributed by atoms with Gasteiger partial charge in [0.1, 0.15) is 0 Å². The summed E-state index contributed by atoms with van der Waals surface area (Å²) in [6, 6.07) is 0. The number of hydrogen-bond donors (Lipinski definition) is 0. The summed E-state index contributed by atoms with van der Waals surface area (Å²) in [5, 5.41) is 0. The van der Waals surface area contributed by atoms with Crippen LogP contribution < -0.4 is 0 Å². The standard InChI is InChI=1S/C15H23NO2/c1-10-7-16-12(3)11(2)14(10)6-13-8-17-15(4,5)18-9-13/h7,13H,6,8-9H2,1-5H3. The molecule has 0 bridgehead atoms. The van der Waals surface area contributed by atoms with Crippen LogP contribution in [0.1, 0.15) is 36.2 Å². The first-order valence-corrected chi connectivity index (χ1v) is 6.58. The first-order valence-electron chi connectivity index (χ1n) is 6.58. The largest absolute Gasteiger partial charge is 0.350 e. The Balaban J connectivity index is 2.09. The van der Waals surface area contributed by atoms with Crippen LogP contribution in [0.2, 0.25) is 0 Å². The van der Waals surface area contributed by atoms with Crippen LogP contribution in [0.25, 0.3) is 0 Å². The summed E-state index contributed by atoms with van der Waals surface area (Å²) in [5.41, 5.74) is 5.09. The Morgan fingerprint density at radius 3 is 2.44 bits per heavy atom. The highest BCUT2D eigenvalue weighted by atomic mass is 16.7. The van der Waals surface area contributed by atoms with Crippen LogP contribution in [0.3, 0.4) is 0 Å². The van der Waals surface area contributed by atoms with Gasteiger partial charge in [-0.3, -0.25) is 4.98 Å². The molecule has 0 aromatic carbocycles. The van der Waals surface area contributed by atoms with Crippen molar-refractivity contribution in [2.45, 2.75) is 46.8 Å². The minimum Gasteiger partial charge on any atom is -0.350 e.